The number of nitrogens with zero attached hydrogens (tertiary/aromatic N) is 1. The van der Waals surface area contributed by atoms with Crippen molar-refractivity contribution in [2.24, 2.45) is 0 Å². The van der Waals surface area contributed by atoms with Crippen molar-refractivity contribution in [2.75, 3.05) is 12.4 Å². The highest BCUT2D eigenvalue weighted by molar-refractivity contribution is 8.02. The van der Waals surface area contributed by atoms with Crippen LogP contribution >= 0.6 is 24.0 Å². The fourth-order valence-corrected chi connectivity index (χ4v) is 5.51. The van der Waals surface area contributed by atoms with Crippen LogP contribution in [0.1, 0.15) is 66.7 Å². The van der Waals surface area contributed by atoms with E-state index < -0.39 is 0 Å². The number of hydrogen-bond acceptors (Lipinski definition) is 5. The highest BCUT2D eigenvalue weighted by Gasteiger charge is 2.25. The van der Waals surface area contributed by atoms with Gasteiger partial charge >= 0.3 is 0 Å². The zero-order valence-electron chi connectivity index (χ0n) is 19.0. The van der Waals surface area contributed by atoms with Gasteiger partial charge in [0.15, 0.2) is 0 Å². The van der Waals surface area contributed by atoms with Crippen molar-refractivity contribution in [3.05, 3.63) is 69.0 Å². The molecule has 168 valence electrons. The van der Waals surface area contributed by atoms with Gasteiger partial charge in [-0.05, 0) is 73.4 Å². The molecule has 0 bridgehead atoms. The van der Waals surface area contributed by atoms with Crippen molar-refractivity contribution < 1.29 is 4.74 Å². The number of H-pyrrole nitrogens is 1. The van der Waals surface area contributed by atoms with Crippen molar-refractivity contribution >= 4 is 35.2 Å². The van der Waals surface area contributed by atoms with E-state index >= 15 is 0 Å². The van der Waals surface area contributed by atoms with E-state index in [9.17, 15) is 5.26 Å². The molecule has 1 aliphatic rings. The van der Waals surface area contributed by atoms with Crippen molar-refractivity contribution in [3.8, 4) is 11.8 Å². The quantitative estimate of drug-likeness (QED) is 0.224. The van der Waals surface area contributed by atoms with E-state index in [0.717, 1.165) is 48.4 Å². The summed E-state index contributed by atoms with van der Waals surface area (Å²) < 4.78 is 5.86. The molecule has 2 heterocycles. The van der Waals surface area contributed by atoms with Crippen LogP contribution in [0.2, 0.25) is 0 Å². The van der Waals surface area contributed by atoms with Crippen molar-refractivity contribution in [2.45, 2.75) is 57.6 Å². The van der Waals surface area contributed by atoms with Crippen molar-refractivity contribution in [1.82, 2.24) is 4.98 Å². The number of aromatic nitrogens is 1. The van der Waals surface area contributed by atoms with Crippen LogP contribution in [0.4, 0.5) is 5.69 Å². The summed E-state index contributed by atoms with van der Waals surface area (Å²) in [5.74, 6) is 0.794. The lowest BCUT2D eigenvalue weighted by Crippen LogP contribution is -2.11. The van der Waals surface area contributed by atoms with E-state index in [4.69, 9.17) is 17.0 Å². The number of benzene rings is 1. The summed E-state index contributed by atoms with van der Waals surface area (Å²) in [5.41, 5.74) is 6.00. The Hall–Kier alpha value is -2.49. The summed E-state index contributed by atoms with van der Waals surface area (Å²) in [6.07, 6.45) is 10.6. The molecule has 1 atom stereocenters. The maximum atomic E-state index is 10.1. The summed E-state index contributed by atoms with van der Waals surface area (Å²) in [5, 5.41) is 15.9. The zero-order valence-corrected chi connectivity index (χ0v) is 20.7. The number of aromatic amines is 1. The number of nitriles is 1. The summed E-state index contributed by atoms with van der Waals surface area (Å²) in [6.45, 7) is 4.33. The standard InChI is InChI=1S/C26H31N3OS2/c1-4-5-6-9-22-18(2)29-26(31)24(25(22)23-10-7-8-15-32-23)19(16-27)17-28-20-11-13-21(30-3)14-12-20/h8,11-15,17,23,28H,4-7,9-10H2,1-3H3,(H,29,31)/b19-17+. The molecule has 1 aromatic carbocycles. The van der Waals surface area contributed by atoms with Crippen LogP contribution in [-0.4, -0.2) is 12.1 Å². The Morgan fingerprint density at radius 2 is 2.12 bits per heavy atom. The van der Waals surface area contributed by atoms with E-state index in [2.05, 4.69) is 41.7 Å². The lowest BCUT2D eigenvalue weighted by atomic mass is 9.90. The first kappa shape index (κ1) is 24.2. The number of aryl methyl sites for hydroxylation is 1. The van der Waals surface area contributed by atoms with Crippen LogP contribution in [0.3, 0.4) is 0 Å². The molecule has 4 nitrogen and oxygen atoms in total. The Labute approximate surface area is 200 Å². The minimum absolute atomic E-state index is 0.305. The van der Waals surface area contributed by atoms with Gasteiger partial charge in [0, 0.05) is 28.4 Å². The van der Waals surface area contributed by atoms with Gasteiger partial charge in [-0.3, -0.25) is 0 Å². The first-order chi connectivity index (χ1) is 15.6. The zero-order chi connectivity index (χ0) is 22.9. The third-order valence-electron chi connectivity index (χ3n) is 5.73. The maximum absolute atomic E-state index is 10.1. The van der Waals surface area contributed by atoms with Gasteiger partial charge in [0.25, 0.3) is 0 Å². The van der Waals surface area contributed by atoms with Crippen LogP contribution in [0.5, 0.6) is 5.75 Å². The highest BCUT2D eigenvalue weighted by Crippen LogP contribution is 2.43. The number of pyridine rings is 1. The molecular weight excluding hydrogens is 434 g/mol. The fourth-order valence-electron chi connectivity index (χ4n) is 4.03. The Balaban J connectivity index is 2.06. The van der Waals surface area contributed by atoms with Gasteiger partial charge in [-0.25, -0.2) is 0 Å². The monoisotopic (exact) mass is 465 g/mol. The molecule has 0 saturated carbocycles. The molecular formula is C26H31N3OS2. The molecule has 0 saturated heterocycles. The van der Waals surface area contributed by atoms with Crippen LogP contribution in [0.15, 0.2) is 41.9 Å². The molecule has 6 heteroatoms. The molecule has 0 aliphatic carbocycles. The number of unbranched alkanes of at least 4 members (excludes halogenated alkanes) is 2. The summed E-state index contributed by atoms with van der Waals surface area (Å²) in [6, 6.07) is 10.0. The predicted octanol–water partition coefficient (Wildman–Crippen LogP) is 7.85. The number of allylic oxidation sites excluding steroid dienone is 2. The average Bonchev–Trinajstić information content (AvgIpc) is 2.82. The first-order valence-corrected chi connectivity index (χ1v) is 12.5. The third-order valence-corrected chi connectivity index (χ3v) is 7.18. The molecule has 0 amide bonds. The molecule has 0 radical (unpaired) electrons. The number of nitrogens with one attached hydrogen (secondary N) is 2. The molecule has 0 fully saturated rings. The second-order valence-electron chi connectivity index (χ2n) is 7.92. The van der Waals surface area contributed by atoms with Gasteiger partial charge in [0.05, 0.1) is 12.7 Å². The number of ether oxygens (including phenoxy) is 1. The van der Waals surface area contributed by atoms with E-state index in [1.165, 1.54) is 24.0 Å². The van der Waals surface area contributed by atoms with E-state index in [-0.39, 0.29) is 0 Å². The number of thioether (sulfide) groups is 1. The van der Waals surface area contributed by atoms with Crippen LogP contribution in [-0.2, 0) is 6.42 Å². The topological polar surface area (TPSA) is 60.8 Å². The second-order valence-corrected chi connectivity index (χ2v) is 9.44. The van der Waals surface area contributed by atoms with E-state index in [1.807, 2.05) is 36.0 Å². The van der Waals surface area contributed by atoms with Crippen LogP contribution in [0, 0.1) is 22.9 Å². The van der Waals surface area contributed by atoms with Crippen LogP contribution < -0.4 is 10.1 Å². The third kappa shape index (κ3) is 5.85. The fraction of sp³-hybridized carbons (Fsp3) is 0.385. The van der Waals surface area contributed by atoms with Gasteiger partial charge in [0.1, 0.15) is 16.5 Å². The van der Waals surface area contributed by atoms with Crippen molar-refractivity contribution in [1.29, 1.82) is 5.26 Å². The predicted molar refractivity (Wildman–Crippen MR) is 139 cm³/mol. The SMILES string of the molecule is CCCCCc1c(C)[nH]c(=S)c(/C(C#N)=C/Nc2ccc(OC)cc2)c1C1CCC=CS1. The Kier molecular flexibility index (Phi) is 9.01. The van der Waals surface area contributed by atoms with Gasteiger partial charge in [-0.1, -0.05) is 38.1 Å². The first-order valence-electron chi connectivity index (χ1n) is 11.2. The minimum Gasteiger partial charge on any atom is -0.497 e. The largest absolute Gasteiger partial charge is 0.497 e. The molecule has 1 unspecified atom stereocenters. The van der Waals surface area contributed by atoms with Gasteiger partial charge in [-0.15, -0.1) is 11.8 Å². The second kappa shape index (κ2) is 11.9. The molecule has 0 spiro atoms. The minimum atomic E-state index is 0.305. The van der Waals surface area contributed by atoms with E-state index in [1.54, 1.807) is 13.3 Å². The van der Waals surface area contributed by atoms with Gasteiger partial charge in [-0.2, -0.15) is 5.26 Å². The maximum Gasteiger partial charge on any atom is 0.119 e. The summed E-state index contributed by atoms with van der Waals surface area (Å²) >= 11 is 7.61. The number of hydrogen-bond donors (Lipinski definition) is 2. The van der Waals surface area contributed by atoms with Gasteiger partial charge in [0.2, 0.25) is 0 Å². The molecule has 1 aliphatic heterocycles. The van der Waals surface area contributed by atoms with Crippen molar-refractivity contribution in [3.63, 3.8) is 0 Å². The Morgan fingerprint density at radius 1 is 1.34 bits per heavy atom. The molecule has 2 N–H and O–H groups in total. The smallest absolute Gasteiger partial charge is 0.119 e. The average molecular weight is 466 g/mol. The highest BCUT2D eigenvalue weighted by atomic mass is 32.2. The number of methoxy groups -OCH3 is 1. The molecule has 1 aromatic heterocycles. The van der Waals surface area contributed by atoms with Crippen LogP contribution in [0.25, 0.3) is 5.57 Å². The number of anilines is 1. The molecule has 32 heavy (non-hydrogen) atoms. The lowest BCUT2D eigenvalue weighted by Gasteiger charge is -2.25. The molecule has 3 rings (SSSR count). The number of rotatable bonds is 9. The lowest BCUT2D eigenvalue weighted by molar-refractivity contribution is 0.415. The Morgan fingerprint density at radius 3 is 2.75 bits per heavy atom. The Bertz CT molecular complexity index is 1080. The summed E-state index contributed by atoms with van der Waals surface area (Å²) in [4.78, 5) is 3.39. The summed E-state index contributed by atoms with van der Waals surface area (Å²) in [7, 11) is 1.65. The normalized spacial score (nSPS) is 15.9. The van der Waals surface area contributed by atoms with E-state index in [0.29, 0.717) is 15.5 Å². The van der Waals surface area contributed by atoms with Gasteiger partial charge < -0.3 is 15.0 Å². The molecule has 2 aromatic rings.